The second-order valence-electron chi connectivity index (χ2n) is 7.79. The lowest BCUT2D eigenvalue weighted by atomic mass is 9.78. The topological polar surface area (TPSA) is 54.5 Å². The largest absolute Gasteiger partial charge is 0.379 e. The van der Waals surface area contributed by atoms with Gasteiger partial charge in [-0.25, -0.2) is 0 Å². The number of aromatic nitrogens is 1. The van der Waals surface area contributed by atoms with Crippen molar-refractivity contribution in [3.05, 3.63) is 66.0 Å². The maximum Gasteiger partial charge on any atom is 0.241 e. The minimum absolute atomic E-state index is 0.153. The number of morpholine rings is 1. The van der Waals surface area contributed by atoms with Crippen molar-refractivity contribution in [1.29, 1.82) is 0 Å². The smallest absolute Gasteiger partial charge is 0.241 e. The fourth-order valence-corrected chi connectivity index (χ4v) is 4.64. The van der Waals surface area contributed by atoms with Crippen LogP contribution in [-0.4, -0.2) is 47.6 Å². The zero-order valence-electron chi connectivity index (χ0n) is 16.3. The van der Waals surface area contributed by atoms with Gasteiger partial charge in [0.15, 0.2) is 0 Å². The van der Waals surface area contributed by atoms with Gasteiger partial charge >= 0.3 is 0 Å². The molecule has 5 heteroatoms. The summed E-state index contributed by atoms with van der Waals surface area (Å²) in [5.41, 5.74) is 1.74. The van der Waals surface area contributed by atoms with Crippen LogP contribution >= 0.6 is 0 Å². The fourth-order valence-electron chi connectivity index (χ4n) is 4.64. The molecule has 1 unspecified atom stereocenters. The van der Waals surface area contributed by atoms with Crippen LogP contribution in [0, 0.1) is 0 Å². The molecule has 5 nitrogen and oxygen atoms in total. The predicted molar refractivity (Wildman–Crippen MR) is 109 cm³/mol. The number of pyridine rings is 1. The second kappa shape index (κ2) is 8.84. The quantitative estimate of drug-likeness (QED) is 0.866. The van der Waals surface area contributed by atoms with Gasteiger partial charge in [-0.2, -0.15) is 0 Å². The number of hydrogen-bond acceptors (Lipinski definition) is 4. The van der Waals surface area contributed by atoms with Crippen molar-refractivity contribution in [2.75, 3.05) is 26.3 Å². The highest BCUT2D eigenvalue weighted by Crippen LogP contribution is 2.36. The molecule has 0 bridgehead atoms. The summed E-state index contributed by atoms with van der Waals surface area (Å²) in [6.45, 7) is 3.08. The van der Waals surface area contributed by atoms with Crippen LogP contribution in [0.5, 0.6) is 0 Å². The molecule has 1 atom stereocenters. The summed E-state index contributed by atoms with van der Waals surface area (Å²) < 4.78 is 5.55. The standard InChI is InChI=1S/C23H29N3O2/c27-22(23(11-5-2-6-12-23)26-15-17-28-18-16-26)25-21(19-7-3-1-4-8-19)20-9-13-24-14-10-20/h1,3-4,7-10,13-14,21H,2,5-6,11-12,15-18H2,(H,25,27). The lowest BCUT2D eigenvalue weighted by Crippen LogP contribution is -2.62. The fraction of sp³-hybridized carbons (Fsp3) is 0.478. The molecule has 28 heavy (non-hydrogen) atoms. The van der Waals surface area contributed by atoms with Gasteiger partial charge in [-0.15, -0.1) is 0 Å². The number of hydrogen-bond donors (Lipinski definition) is 1. The van der Waals surface area contributed by atoms with E-state index in [2.05, 4.69) is 27.3 Å². The zero-order valence-corrected chi connectivity index (χ0v) is 16.3. The lowest BCUT2D eigenvalue weighted by molar-refractivity contribution is -0.140. The number of amides is 1. The maximum absolute atomic E-state index is 13.8. The van der Waals surface area contributed by atoms with Crippen LogP contribution in [-0.2, 0) is 9.53 Å². The monoisotopic (exact) mass is 379 g/mol. The van der Waals surface area contributed by atoms with Gasteiger partial charge in [0.1, 0.15) is 5.54 Å². The van der Waals surface area contributed by atoms with Crippen LogP contribution < -0.4 is 5.32 Å². The third-order valence-corrected chi connectivity index (χ3v) is 6.17. The van der Waals surface area contributed by atoms with E-state index in [1.807, 2.05) is 30.3 Å². The zero-order chi connectivity index (χ0) is 19.2. The Hall–Kier alpha value is -2.24. The highest BCUT2D eigenvalue weighted by Gasteiger charge is 2.45. The highest BCUT2D eigenvalue weighted by molar-refractivity contribution is 5.87. The first-order valence-electron chi connectivity index (χ1n) is 10.4. The van der Waals surface area contributed by atoms with Crippen molar-refractivity contribution in [2.45, 2.75) is 43.7 Å². The van der Waals surface area contributed by atoms with Crippen LogP contribution in [0.4, 0.5) is 0 Å². The Morgan fingerprint density at radius 3 is 2.29 bits per heavy atom. The normalized spacial score (nSPS) is 21.0. The first kappa shape index (κ1) is 19.1. The summed E-state index contributed by atoms with van der Waals surface area (Å²) in [4.78, 5) is 20.3. The average Bonchev–Trinajstić information content (AvgIpc) is 2.79. The van der Waals surface area contributed by atoms with E-state index in [9.17, 15) is 4.79 Å². The molecule has 2 fully saturated rings. The minimum atomic E-state index is -0.415. The van der Waals surface area contributed by atoms with E-state index in [0.29, 0.717) is 13.2 Å². The van der Waals surface area contributed by atoms with E-state index < -0.39 is 5.54 Å². The Labute approximate surface area is 167 Å². The first-order chi connectivity index (χ1) is 13.8. The van der Waals surface area contributed by atoms with Gasteiger partial charge in [0.2, 0.25) is 5.91 Å². The van der Waals surface area contributed by atoms with Crippen molar-refractivity contribution in [1.82, 2.24) is 15.2 Å². The van der Waals surface area contributed by atoms with E-state index in [0.717, 1.165) is 49.9 Å². The average molecular weight is 380 g/mol. The van der Waals surface area contributed by atoms with Crippen LogP contribution in [0.1, 0.15) is 49.3 Å². The Bertz CT molecular complexity index is 714. The molecule has 1 amide bonds. The van der Waals surface area contributed by atoms with Gasteiger partial charge < -0.3 is 10.1 Å². The molecule has 1 aliphatic heterocycles. The van der Waals surface area contributed by atoms with E-state index in [1.54, 1.807) is 12.4 Å². The number of benzene rings is 1. The molecule has 148 valence electrons. The van der Waals surface area contributed by atoms with Crippen LogP contribution in [0.15, 0.2) is 54.9 Å². The van der Waals surface area contributed by atoms with E-state index in [-0.39, 0.29) is 11.9 Å². The second-order valence-corrected chi connectivity index (χ2v) is 7.79. The molecule has 1 N–H and O–H groups in total. The van der Waals surface area contributed by atoms with Crippen molar-refractivity contribution in [3.8, 4) is 0 Å². The van der Waals surface area contributed by atoms with Crippen molar-refractivity contribution >= 4 is 5.91 Å². The Morgan fingerprint density at radius 1 is 0.964 bits per heavy atom. The van der Waals surface area contributed by atoms with E-state index in [4.69, 9.17) is 4.74 Å². The number of carbonyl (C=O) groups is 1. The highest BCUT2D eigenvalue weighted by atomic mass is 16.5. The molecule has 1 aromatic heterocycles. The molecular formula is C23H29N3O2. The lowest BCUT2D eigenvalue weighted by Gasteiger charge is -2.47. The number of nitrogens with zero attached hydrogens (tertiary/aromatic N) is 2. The summed E-state index contributed by atoms with van der Waals surface area (Å²) in [6, 6.07) is 14.0. The van der Waals surface area contributed by atoms with Gasteiger partial charge in [-0.05, 0) is 36.1 Å². The summed E-state index contributed by atoms with van der Waals surface area (Å²) in [6.07, 6.45) is 8.86. The van der Waals surface area contributed by atoms with E-state index >= 15 is 0 Å². The molecule has 1 aromatic carbocycles. The van der Waals surface area contributed by atoms with Gasteiger partial charge in [0, 0.05) is 25.5 Å². The van der Waals surface area contributed by atoms with Gasteiger partial charge in [0.05, 0.1) is 19.3 Å². The van der Waals surface area contributed by atoms with Crippen LogP contribution in [0.3, 0.4) is 0 Å². The van der Waals surface area contributed by atoms with Crippen molar-refractivity contribution in [3.63, 3.8) is 0 Å². The Balaban J connectivity index is 1.63. The van der Waals surface area contributed by atoms with Gasteiger partial charge in [0.25, 0.3) is 0 Å². The molecule has 2 aromatic rings. The van der Waals surface area contributed by atoms with Crippen molar-refractivity contribution < 1.29 is 9.53 Å². The Morgan fingerprint density at radius 2 is 1.61 bits per heavy atom. The summed E-state index contributed by atoms with van der Waals surface area (Å²) in [5, 5.41) is 3.41. The molecule has 1 saturated carbocycles. The van der Waals surface area contributed by atoms with Crippen molar-refractivity contribution in [2.24, 2.45) is 0 Å². The number of ether oxygens (including phenoxy) is 1. The van der Waals surface area contributed by atoms with Gasteiger partial charge in [-0.1, -0.05) is 49.6 Å². The third kappa shape index (κ3) is 3.96. The SMILES string of the molecule is O=C(NC(c1ccccc1)c1ccncc1)C1(N2CCOCC2)CCCCC1. The number of rotatable bonds is 5. The number of carbonyl (C=O) groups excluding carboxylic acids is 1. The molecule has 1 saturated heterocycles. The van der Waals surface area contributed by atoms with E-state index in [1.165, 1.54) is 6.42 Å². The maximum atomic E-state index is 13.8. The molecule has 4 rings (SSSR count). The third-order valence-electron chi connectivity index (χ3n) is 6.17. The molecule has 0 radical (unpaired) electrons. The van der Waals surface area contributed by atoms with Crippen LogP contribution in [0.25, 0.3) is 0 Å². The van der Waals surface area contributed by atoms with Gasteiger partial charge in [-0.3, -0.25) is 14.7 Å². The minimum Gasteiger partial charge on any atom is -0.379 e. The summed E-state index contributed by atoms with van der Waals surface area (Å²) in [7, 11) is 0. The number of nitrogens with one attached hydrogen (secondary N) is 1. The molecular weight excluding hydrogens is 350 g/mol. The summed E-state index contributed by atoms with van der Waals surface area (Å²) >= 11 is 0. The Kier molecular flexibility index (Phi) is 6.03. The summed E-state index contributed by atoms with van der Waals surface area (Å²) in [5.74, 6) is 0.153. The molecule has 0 spiro atoms. The molecule has 2 heterocycles. The predicted octanol–water partition coefficient (Wildman–Crippen LogP) is 3.32. The molecule has 2 aliphatic rings. The van der Waals surface area contributed by atoms with Crippen LogP contribution in [0.2, 0.25) is 0 Å². The molecule has 1 aliphatic carbocycles. The first-order valence-corrected chi connectivity index (χ1v) is 10.4.